The monoisotopic (exact) mass is 717 g/mol. The van der Waals surface area contributed by atoms with Gasteiger partial charge in [0.15, 0.2) is 0 Å². The molecule has 2 aliphatic rings. The third-order valence-corrected chi connectivity index (χ3v) is 11.1. The number of nitrogens with one attached hydrogen (secondary N) is 2. The van der Waals surface area contributed by atoms with E-state index in [4.69, 9.17) is 28.2 Å². The highest BCUT2D eigenvalue weighted by molar-refractivity contribution is 6.31. The Bertz CT molecular complexity index is 2150. The average Bonchev–Trinajstić information content (AvgIpc) is 3.77. The molecule has 51 heavy (non-hydrogen) atoms. The summed E-state index contributed by atoms with van der Waals surface area (Å²) in [5, 5.41) is 5.41. The van der Waals surface area contributed by atoms with E-state index in [0.717, 1.165) is 76.5 Å². The molecule has 1 atom stereocenters. The predicted octanol–water partition coefficient (Wildman–Crippen LogP) is 9.72. The molecule has 1 unspecified atom stereocenters. The SMILES string of the molecule is CC(c1ccc(Cl)cc1)n1cnc(-c2ccccc2)c1-c1c(C(=O)Nc2ccncc2N2CCN(C3CCCCC3)CC2)[nH]c2cc(Cl)ccc12. The summed E-state index contributed by atoms with van der Waals surface area (Å²) in [4.78, 5) is 32.6. The molecule has 2 fully saturated rings. The molecule has 8 rings (SSSR count). The number of carbonyl (C=O) groups is 1. The van der Waals surface area contributed by atoms with Gasteiger partial charge in [0.25, 0.3) is 5.91 Å². The Balaban J connectivity index is 1.19. The molecular formula is C41H41Cl2N7O. The van der Waals surface area contributed by atoms with Crippen LogP contribution in [0.25, 0.3) is 33.4 Å². The Morgan fingerprint density at radius 3 is 2.41 bits per heavy atom. The summed E-state index contributed by atoms with van der Waals surface area (Å²) < 4.78 is 2.14. The van der Waals surface area contributed by atoms with E-state index >= 15 is 0 Å². The van der Waals surface area contributed by atoms with E-state index in [9.17, 15) is 4.79 Å². The maximum absolute atomic E-state index is 14.6. The van der Waals surface area contributed by atoms with E-state index in [1.54, 1.807) is 6.20 Å². The maximum Gasteiger partial charge on any atom is 0.272 e. The summed E-state index contributed by atoms with van der Waals surface area (Å²) >= 11 is 12.8. The predicted molar refractivity (Wildman–Crippen MR) is 208 cm³/mol. The fraction of sp³-hybridized carbons (Fsp3) is 0.293. The first-order valence-corrected chi connectivity index (χ1v) is 18.6. The van der Waals surface area contributed by atoms with Crippen molar-refractivity contribution in [2.24, 2.45) is 0 Å². The number of benzene rings is 3. The smallest absolute Gasteiger partial charge is 0.272 e. The molecule has 3 aromatic heterocycles. The molecule has 0 radical (unpaired) electrons. The zero-order valence-electron chi connectivity index (χ0n) is 28.7. The van der Waals surface area contributed by atoms with Crippen molar-refractivity contribution < 1.29 is 4.79 Å². The molecule has 1 saturated carbocycles. The summed E-state index contributed by atoms with van der Waals surface area (Å²) in [6.07, 6.45) is 12.1. The third-order valence-electron chi connectivity index (χ3n) is 10.6. The second kappa shape index (κ2) is 14.5. The number of nitrogens with zero attached hydrogens (tertiary/aromatic N) is 5. The van der Waals surface area contributed by atoms with Crippen LogP contribution in [0.4, 0.5) is 11.4 Å². The summed E-state index contributed by atoms with van der Waals surface area (Å²) in [5.41, 5.74) is 7.24. The van der Waals surface area contributed by atoms with Gasteiger partial charge < -0.3 is 19.8 Å². The van der Waals surface area contributed by atoms with Crippen LogP contribution in [0.1, 0.15) is 61.1 Å². The van der Waals surface area contributed by atoms with Gasteiger partial charge >= 0.3 is 0 Å². The van der Waals surface area contributed by atoms with Crippen molar-refractivity contribution in [1.29, 1.82) is 0 Å². The molecule has 1 aliphatic heterocycles. The van der Waals surface area contributed by atoms with Crippen LogP contribution in [-0.2, 0) is 0 Å². The second-order valence-corrected chi connectivity index (χ2v) is 14.5. The maximum atomic E-state index is 14.6. The van der Waals surface area contributed by atoms with Crippen LogP contribution in [0.2, 0.25) is 10.0 Å². The Kier molecular flexibility index (Phi) is 9.56. The first-order chi connectivity index (χ1) is 24.9. The van der Waals surface area contributed by atoms with Crippen LogP contribution in [-0.4, -0.2) is 62.5 Å². The van der Waals surface area contributed by atoms with E-state index in [0.29, 0.717) is 21.8 Å². The van der Waals surface area contributed by atoms with Gasteiger partial charge in [0.2, 0.25) is 0 Å². The fourth-order valence-electron chi connectivity index (χ4n) is 7.90. The first kappa shape index (κ1) is 33.5. The van der Waals surface area contributed by atoms with Crippen molar-refractivity contribution in [2.75, 3.05) is 36.4 Å². The fourth-order valence-corrected chi connectivity index (χ4v) is 8.20. The molecule has 0 spiro atoms. The number of rotatable bonds is 8. The Morgan fingerprint density at radius 2 is 1.65 bits per heavy atom. The highest BCUT2D eigenvalue weighted by atomic mass is 35.5. The summed E-state index contributed by atoms with van der Waals surface area (Å²) in [6, 6.07) is 26.1. The van der Waals surface area contributed by atoms with E-state index in [2.05, 4.69) is 36.6 Å². The molecule has 1 amide bonds. The summed E-state index contributed by atoms with van der Waals surface area (Å²) in [7, 11) is 0. The lowest BCUT2D eigenvalue weighted by atomic mass is 9.94. The molecule has 6 aromatic rings. The molecule has 4 heterocycles. The number of aromatic nitrogens is 4. The molecule has 8 nitrogen and oxygen atoms in total. The van der Waals surface area contributed by atoms with Crippen LogP contribution in [0.3, 0.4) is 0 Å². The number of pyridine rings is 1. The van der Waals surface area contributed by atoms with Crippen LogP contribution < -0.4 is 10.2 Å². The molecule has 1 aliphatic carbocycles. The average molecular weight is 719 g/mol. The molecule has 10 heteroatoms. The summed E-state index contributed by atoms with van der Waals surface area (Å²) in [6.45, 7) is 5.94. The van der Waals surface area contributed by atoms with E-state index in [-0.39, 0.29) is 11.9 Å². The van der Waals surface area contributed by atoms with E-state index < -0.39 is 0 Å². The second-order valence-electron chi connectivity index (χ2n) is 13.7. The number of halogens is 2. The van der Waals surface area contributed by atoms with Crippen molar-refractivity contribution in [1.82, 2.24) is 24.4 Å². The van der Waals surface area contributed by atoms with Gasteiger partial charge in [0.05, 0.1) is 41.3 Å². The van der Waals surface area contributed by atoms with Crippen LogP contribution in [0, 0.1) is 0 Å². The number of hydrogen-bond acceptors (Lipinski definition) is 5. The van der Waals surface area contributed by atoms with Gasteiger partial charge in [-0.1, -0.05) is 91.0 Å². The number of aromatic amines is 1. The number of fused-ring (bicyclic) bond motifs is 1. The number of anilines is 2. The lowest BCUT2D eigenvalue weighted by molar-refractivity contribution is 0.102. The number of imidazole rings is 1. The quantitative estimate of drug-likeness (QED) is 0.164. The zero-order chi connectivity index (χ0) is 34.9. The van der Waals surface area contributed by atoms with Crippen molar-refractivity contribution in [3.05, 3.63) is 119 Å². The molecule has 2 N–H and O–H groups in total. The molecule has 260 valence electrons. The lowest BCUT2D eigenvalue weighted by Gasteiger charge is -2.41. The number of hydrogen-bond donors (Lipinski definition) is 2. The minimum Gasteiger partial charge on any atom is -0.366 e. The van der Waals surface area contributed by atoms with Crippen molar-refractivity contribution in [2.45, 2.75) is 51.1 Å². The third kappa shape index (κ3) is 6.76. The van der Waals surface area contributed by atoms with Gasteiger partial charge in [-0.3, -0.25) is 14.7 Å². The van der Waals surface area contributed by atoms with E-state index in [1.165, 1.54) is 32.1 Å². The minimum atomic E-state index is -0.253. The highest BCUT2D eigenvalue weighted by Gasteiger charge is 2.30. The van der Waals surface area contributed by atoms with Gasteiger partial charge in [-0.2, -0.15) is 0 Å². The van der Waals surface area contributed by atoms with Gasteiger partial charge in [0.1, 0.15) is 5.69 Å². The highest BCUT2D eigenvalue weighted by Crippen LogP contribution is 2.42. The Hall–Kier alpha value is -4.63. The normalized spacial score (nSPS) is 16.4. The first-order valence-electron chi connectivity index (χ1n) is 17.9. The Labute approximate surface area is 308 Å². The number of carbonyl (C=O) groups excluding carboxylic acids is 1. The van der Waals surface area contributed by atoms with E-state index in [1.807, 2.05) is 91.4 Å². The number of amides is 1. The number of piperazine rings is 1. The van der Waals surface area contributed by atoms with Crippen molar-refractivity contribution in [3.63, 3.8) is 0 Å². The Morgan fingerprint density at radius 1 is 0.902 bits per heavy atom. The standard InChI is InChI=1S/C41H41Cl2N7O/c1-27(28-12-14-30(42)15-13-28)50-26-45-38(29-8-4-2-5-9-29)40(50)37-33-17-16-31(43)24-35(33)46-39(37)41(51)47-34-18-19-44-25-36(34)49-22-20-48(21-23-49)32-10-6-3-7-11-32/h2,4-5,8-9,12-19,24-27,32,46H,3,6-7,10-11,20-23H2,1H3,(H,44,47,51). The van der Waals surface area contributed by atoms with Gasteiger partial charge in [-0.25, -0.2) is 4.98 Å². The molecule has 0 bridgehead atoms. The van der Waals surface area contributed by atoms with Crippen LogP contribution in [0.15, 0.2) is 97.6 Å². The number of H-pyrrole nitrogens is 1. The summed E-state index contributed by atoms with van der Waals surface area (Å²) in [5.74, 6) is -0.253. The topological polar surface area (TPSA) is 82.1 Å². The lowest BCUT2D eigenvalue weighted by Crippen LogP contribution is -2.51. The molecule has 3 aromatic carbocycles. The van der Waals surface area contributed by atoms with Gasteiger partial charge in [-0.15, -0.1) is 0 Å². The van der Waals surface area contributed by atoms with Crippen molar-refractivity contribution >= 4 is 51.4 Å². The largest absolute Gasteiger partial charge is 0.366 e. The van der Waals surface area contributed by atoms with Crippen LogP contribution in [0.5, 0.6) is 0 Å². The van der Waals surface area contributed by atoms with Gasteiger partial charge in [0, 0.05) is 70.5 Å². The van der Waals surface area contributed by atoms with Crippen LogP contribution >= 0.6 is 23.2 Å². The molecule has 1 saturated heterocycles. The minimum absolute atomic E-state index is 0.116. The zero-order valence-corrected chi connectivity index (χ0v) is 30.2. The van der Waals surface area contributed by atoms with Crippen molar-refractivity contribution in [3.8, 4) is 22.5 Å². The van der Waals surface area contributed by atoms with Gasteiger partial charge in [-0.05, 0) is 55.7 Å². The molecular weight excluding hydrogens is 677 g/mol.